The molecule has 0 unspecified atom stereocenters. The molecule has 0 aliphatic rings. The Morgan fingerprint density at radius 3 is 2.85 bits per heavy atom. The van der Waals surface area contributed by atoms with Crippen molar-refractivity contribution >= 4 is 23.5 Å². The third-order valence-corrected chi connectivity index (χ3v) is 2.14. The molecule has 1 aromatic rings. The van der Waals surface area contributed by atoms with Gasteiger partial charge in [0, 0.05) is 6.54 Å². The van der Waals surface area contributed by atoms with Crippen LogP contribution in [-0.4, -0.2) is 40.7 Å². The Kier molecular flexibility index (Phi) is 5.94. The van der Waals surface area contributed by atoms with Crippen molar-refractivity contribution in [2.24, 2.45) is 5.73 Å². The van der Waals surface area contributed by atoms with Crippen molar-refractivity contribution in [1.29, 1.82) is 0 Å². The molecule has 0 bridgehead atoms. The van der Waals surface area contributed by atoms with Crippen molar-refractivity contribution in [2.75, 3.05) is 30.3 Å². The number of carbonyl (C=O) groups excluding carboxylic acids is 1. The van der Waals surface area contributed by atoms with Gasteiger partial charge in [-0.15, -0.1) is 0 Å². The van der Waals surface area contributed by atoms with E-state index in [0.29, 0.717) is 6.54 Å². The van der Waals surface area contributed by atoms with Gasteiger partial charge in [-0.2, -0.15) is 4.98 Å². The molecule has 1 aromatic heterocycles. The lowest BCUT2D eigenvalue weighted by molar-refractivity contribution is -0.384. The van der Waals surface area contributed by atoms with Gasteiger partial charge in [0.15, 0.2) is 0 Å². The fourth-order valence-corrected chi connectivity index (χ4v) is 1.28. The van der Waals surface area contributed by atoms with Crippen molar-refractivity contribution in [3.05, 3.63) is 16.3 Å². The lowest BCUT2D eigenvalue weighted by Gasteiger charge is -2.08. The van der Waals surface area contributed by atoms with Crippen LogP contribution in [-0.2, 0) is 4.74 Å². The van der Waals surface area contributed by atoms with Gasteiger partial charge in [0.25, 0.3) is 0 Å². The normalized spacial score (nSPS) is 9.85. The number of primary amides is 1. The summed E-state index contributed by atoms with van der Waals surface area (Å²) in [7, 11) is 0. The first kappa shape index (κ1) is 15.4. The minimum Gasteiger partial charge on any atom is -0.448 e. The van der Waals surface area contributed by atoms with E-state index < -0.39 is 11.0 Å². The Hall–Kier alpha value is -2.65. The number of aromatic nitrogens is 2. The SMILES string of the molecule is CCCNc1ncc([N+](=O)[O-])c(NCCOC(N)=O)n1. The molecule has 1 rings (SSSR count). The Morgan fingerprint density at radius 2 is 2.25 bits per heavy atom. The van der Waals surface area contributed by atoms with Crippen LogP contribution in [0.25, 0.3) is 0 Å². The Morgan fingerprint density at radius 1 is 1.50 bits per heavy atom. The first-order chi connectivity index (χ1) is 9.54. The number of hydrogen-bond donors (Lipinski definition) is 3. The van der Waals surface area contributed by atoms with Crippen molar-refractivity contribution in [3.63, 3.8) is 0 Å². The second-order valence-electron chi connectivity index (χ2n) is 3.71. The smallest absolute Gasteiger partial charge is 0.404 e. The maximum Gasteiger partial charge on any atom is 0.404 e. The average molecular weight is 284 g/mol. The number of hydrogen-bond acceptors (Lipinski definition) is 8. The molecule has 0 saturated heterocycles. The predicted octanol–water partition coefficient (Wildman–Crippen LogP) is 0.714. The van der Waals surface area contributed by atoms with E-state index in [-0.39, 0.29) is 30.6 Å². The largest absolute Gasteiger partial charge is 0.448 e. The summed E-state index contributed by atoms with van der Waals surface area (Å²) in [5.74, 6) is 0.340. The van der Waals surface area contributed by atoms with Crippen molar-refractivity contribution in [2.45, 2.75) is 13.3 Å². The fourth-order valence-electron chi connectivity index (χ4n) is 1.28. The van der Waals surface area contributed by atoms with E-state index in [9.17, 15) is 14.9 Å². The van der Waals surface area contributed by atoms with E-state index in [0.717, 1.165) is 12.6 Å². The summed E-state index contributed by atoms with van der Waals surface area (Å²) < 4.78 is 4.51. The zero-order chi connectivity index (χ0) is 15.0. The van der Waals surface area contributed by atoms with E-state index in [1.165, 1.54) is 0 Å². The van der Waals surface area contributed by atoms with Crippen LogP contribution in [0.2, 0.25) is 0 Å². The summed E-state index contributed by atoms with van der Waals surface area (Å²) in [5, 5.41) is 16.5. The summed E-state index contributed by atoms with van der Waals surface area (Å²) in [6.45, 7) is 2.75. The van der Waals surface area contributed by atoms with Crippen LogP contribution in [0.15, 0.2) is 6.20 Å². The molecule has 0 radical (unpaired) electrons. The molecule has 0 saturated carbocycles. The number of nitro groups is 1. The third-order valence-electron chi connectivity index (χ3n) is 2.14. The van der Waals surface area contributed by atoms with Crippen molar-refractivity contribution in [1.82, 2.24) is 9.97 Å². The lowest BCUT2D eigenvalue weighted by atomic mass is 10.4. The van der Waals surface area contributed by atoms with Crippen LogP contribution in [0.4, 0.5) is 22.2 Å². The number of anilines is 2. The van der Waals surface area contributed by atoms with E-state index in [1.807, 2.05) is 6.92 Å². The van der Waals surface area contributed by atoms with E-state index >= 15 is 0 Å². The van der Waals surface area contributed by atoms with Crippen LogP contribution in [0, 0.1) is 10.1 Å². The summed E-state index contributed by atoms with van der Waals surface area (Å²) >= 11 is 0. The highest BCUT2D eigenvalue weighted by molar-refractivity contribution is 5.64. The summed E-state index contributed by atoms with van der Waals surface area (Å²) in [6, 6.07) is 0. The van der Waals surface area contributed by atoms with Crippen LogP contribution in [0.5, 0.6) is 0 Å². The number of carbonyl (C=O) groups is 1. The first-order valence-corrected chi connectivity index (χ1v) is 5.96. The third kappa shape index (κ3) is 4.92. The number of ether oxygens (including phenoxy) is 1. The zero-order valence-corrected chi connectivity index (χ0v) is 11.0. The minimum atomic E-state index is -0.908. The number of nitrogens with one attached hydrogen (secondary N) is 2. The predicted molar refractivity (Wildman–Crippen MR) is 71.5 cm³/mol. The van der Waals surface area contributed by atoms with Gasteiger partial charge in [0.2, 0.25) is 11.8 Å². The van der Waals surface area contributed by atoms with E-state index in [4.69, 9.17) is 5.73 Å². The Labute approximate surface area is 114 Å². The molecule has 110 valence electrons. The Balaban J connectivity index is 2.72. The highest BCUT2D eigenvalue weighted by Gasteiger charge is 2.16. The molecule has 0 aliphatic heterocycles. The van der Waals surface area contributed by atoms with Gasteiger partial charge < -0.3 is 21.1 Å². The van der Waals surface area contributed by atoms with Gasteiger partial charge in [0.1, 0.15) is 12.8 Å². The van der Waals surface area contributed by atoms with Gasteiger partial charge in [-0.05, 0) is 6.42 Å². The van der Waals surface area contributed by atoms with Gasteiger partial charge in [-0.3, -0.25) is 10.1 Å². The van der Waals surface area contributed by atoms with Crippen LogP contribution in [0.3, 0.4) is 0 Å². The average Bonchev–Trinajstić information content (AvgIpc) is 2.41. The minimum absolute atomic E-state index is 0.0196. The maximum absolute atomic E-state index is 10.8. The molecular formula is C10H16N6O4. The van der Waals surface area contributed by atoms with Crippen molar-refractivity contribution in [3.8, 4) is 0 Å². The molecule has 10 nitrogen and oxygen atoms in total. The van der Waals surface area contributed by atoms with Crippen LogP contribution < -0.4 is 16.4 Å². The van der Waals surface area contributed by atoms with Crippen LogP contribution >= 0.6 is 0 Å². The standard InChI is InChI=1S/C10H16N6O4/c1-2-3-13-10-14-6-7(16(18)19)8(15-10)12-4-5-20-9(11)17/h6H,2-5H2,1H3,(H2,11,17)(H2,12,13,14,15). The summed E-state index contributed by atoms with van der Waals surface area (Å²) in [5.41, 5.74) is 4.54. The van der Waals surface area contributed by atoms with Crippen molar-refractivity contribution < 1.29 is 14.5 Å². The molecule has 0 aliphatic carbocycles. The number of nitrogens with zero attached hydrogens (tertiary/aromatic N) is 3. The zero-order valence-electron chi connectivity index (χ0n) is 11.0. The molecule has 1 amide bonds. The monoisotopic (exact) mass is 284 g/mol. The lowest BCUT2D eigenvalue weighted by Crippen LogP contribution is -2.19. The summed E-state index contributed by atoms with van der Waals surface area (Å²) in [4.78, 5) is 28.5. The second kappa shape index (κ2) is 7.71. The van der Waals surface area contributed by atoms with Crippen LogP contribution in [0.1, 0.15) is 13.3 Å². The highest BCUT2D eigenvalue weighted by atomic mass is 16.6. The molecule has 0 spiro atoms. The molecular weight excluding hydrogens is 268 g/mol. The maximum atomic E-state index is 10.8. The number of rotatable bonds is 8. The molecule has 0 fully saturated rings. The van der Waals surface area contributed by atoms with Gasteiger partial charge >= 0.3 is 11.8 Å². The Bertz CT molecular complexity index is 481. The van der Waals surface area contributed by atoms with E-state index in [1.54, 1.807) is 0 Å². The molecule has 4 N–H and O–H groups in total. The second-order valence-corrected chi connectivity index (χ2v) is 3.71. The molecule has 20 heavy (non-hydrogen) atoms. The quantitative estimate of drug-likeness (QED) is 0.359. The molecule has 1 heterocycles. The van der Waals surface area contributed by atoms with E-state index in [2.05, 4.69) is 25.3 Å². The summed E-state index contributed by atoms with van der Waals surface area (Å²) in [6.07, 6.45) is 1.08. The van der Waals surface area contributed by atoms with Gasteiger partial charge in [0.05, 0.1) is 11.5 Å². The first-order valence-electron chi connectivity index (χ1n) is 5.96. The topological polar surface area (TPSA) is 145 Å². The fraction of sp³-hybridized carbons (Fsp3) is 0.500. The molecule has 10 heteroatoms. The molecule has 0 atom stereocenters. The molecule has 0 aromatic carbocycles. The van der Waals surface area contributed by atoms with Gasteiger partial charge in [-0.25, -0.2) is 9.78 Å². The number of nitrogens with two attached hydrogens (primary N) is 1. The highest BCUT2D eigenvalue weighted by Crippen LogP contribution is 2.21. The number of amides is 1. The van der Waals surface area contributed by atoms with Gasteiger partial charge in [-0.1, -0.05) is 6.92 Å².